The number of carbonyl (C=O) groups excluding carboxylic acids is 1. The molecule has 0 fully saturated rings. The molecule has 156 valence electrons. The highest BCUT2D eigenvalue weighted by molar-refractivity contribution is 5.96. The first kappa shape index (κ1) is 21.4. The maximum atomic E-state index is 12.0. The highest BCUT2D eigenvalue weighted by Gasteiger charge is 2.14. The van der Waals surface area contributed by atoms with E-state index in [1.54, 1.807) is 13.2 Å². The molecule has 0 aliphatic rings. The Morgan fingerprint density at radius 2 is 1.90 bits per heavy atom. The molecule has 7 nitrogen and oxygen atoms in total. The van der Waals surface area contributed by atoms with Crippen LogP contribution in [0.4, 0.5) is 5.82 Å². The van der Waals surface area contributed by atoms with Gasteiger partial charge in [0.2, 0.25) is 0 Å². The third-order valence-electron chi connectivity index (χ3n) is 4.77. The van der Waals surface area contributed by atoms with Crippen LogP contribution >= 0.6 is 0 Å². The second kappa shape index (κ2) is 9.96. The number of benzene rings is 2. The van der Waals surface area contributed by atoms with E-state index in [2.05, 4.69) is 76.0 Å². The van der Waals surface area contributed by atoms with Gasteiger partial charge in [0.15, 0.2) is 11.5 Å². The Kier molecular flexibility index (Phi) is 7.11. The van der Waals surface area contributed by atoms with Crippen LogP contribution in [-0.4, -0.2) is 48.5 Å². The van der Waals surface area contributed by atoms with E-state index in [1.807, 2.05) is 18.2 Å². The number of amides is 1. The fourth-order valence-corrected chi connectivity index (χ4v) is 3.24. The van der Waals surface area contributed by atoms with Gasteiger partial charge < -0.3 is 21.3 Å². The number of likely N-dealkylation sites (N-methyl/N-ethyl adjacent to an activating group) is 1. The first-order valence-electron chi connectivity index (χ1n) is 9.85. The third-order valence-corrected chi connectivity index (χ3v) is 4.77. The Balaban J connectivity index is 1.79. The molecule has 0 aliphatic carbocycles. The van der Waals surface area contributed by atoms with E-state index in [4.69, 9.17) is 5.73 Å². The number of carbonyl (C=O) groups is 1. The summed E-state index contributed by atoms with van der Waals surface area (Å²) < 4.78 is 0. The first-order chi connectivity index (χ1) is 14.5. The Hall–Kier alpha value is -3.29. The lowest BCUT2D eigenvalue weighted by molar-refractivity contribution is 0.0959. The van der Waals surface area contributed by atoms with Crippen LogP contribution in [0.25, 0.3) is 11.3 Å². The molecule has 4 N–H and O–H groups in total. The Bertz CT molecular complexity index is 990. The minimum atomic E-state index is -0.353. The average molecular weight is 405 g/mol. The van der Waals surface area contributed by atoms with Gasteiger partial charge >= 0.3 is 0 Å². The number of nitrogen functional groups attached to an aromatic ring is 1. The van der Waals surface area contributed by atoms with Crippen LogP contribution < -0.4 is 16.4 Å². The van der Waals surface area contributed by atoms with Crippen LogP contribution in [0.5, 0.6) is 0 Å². The maximum Gasteiger partial charge on any atom is 0.273 e. The van der Waals surface area contributed by atoms with Gasteiger partial charge in [0.25, 0.3) is 5.91 Å². The van der Waals surface area contributed by atoms with Gasteiger partial charge in [-0.1, -0.05) is 48.5 Å². The average Bonchev–Trinajstić information content (AvgIpc) is 2.77. The highest BCUT2D eigenvalue weighted by Crippen LogP contribution is 2.21. The minimum absolute atomic E-state index is 0.116. The summed E-state index contributed by atoms with van der Waals surface area (Å²) in [6, 6.07) is 18.7. The molecule has 0 radical (unpaired) electrons. The Morgan fingerprint density at radius 1 is 1.13 bits per heavy atom. The molecule has 1 heterocycles. The zero-order valence-corrected chi connectivity index (χ0v) is 17.6. The van der Waals surface area contributed by atoms with Crippen molar-refractivity contribution in [2.75, 3.05) is 33.4 Å². The van der Waals surface area contributed by atoms with Gasteiger partial charge in [0.1, 0.15) is 0 Å². The van der Waals surface area contributed by atoms with Crippen molar-refractivity contribution in [3.05, 3.63) is 77.6 Å². The van der Waals surface area contributed by atoms with Crippen LogP contribution in [0.2, 0.25) is 0 Å². The smallest absolute Gasteiger partial charge is 0.273 e. The van der Waals surface area contributed by atoms with Crippen molar-refractivity contribution < 1.29 is 4.79 Å². The second-order valence-electron chi connectivity index (χ2n) is 7.38. The van der Waals surface area contributed by atoms with Crippen molar-refractivity contribution in [3.8, 4) is 11.3 Å². The molecule has 1 amide bonds. The van der Waals surface area contributed by atoms with Crippen LogP contribution in [0, 0.1) is 0 Å². The fraction of sp³-hybridized carbons (Fsp3) is 0.261. The number of rotatable bonds is 8. The lowest BCUT2D eigenvalue weighted by Crippen LogP contribution is -2.30. The molecule has 1 unspecified atom stereocenters. The number of hydrogen-bond donors (Lipinski definition) is 3. The van der Waals surface area contributed by atoms with E-state index in [1.165, 1.54) is 5.56 Å². The van der Waals surface area contributed by atoms with Crippen LogP contribution in [0.15, 0.2) is 60.8 Å². The van der Waals surface area contributed by atoms with E-state index in [-0.39, 0.29) is 23.5 Å². The van der Waals surface area contributed by atoms with Gasteiger partial charge in [-0.3, -0.25) is 4.79 Å². The molecule has 3 rings (SSSR count). The van der Waals surface area contributed by atoms with Gasteiger partial charge in [-0.15, -0.1) is 0 Å². The molecule has 3 aromatic rings. The highest BCUT2D eigenvalue weighted by atomic mass is 16.1. The SMILES string of the molecule is CNC(=O)c1nc(-c2cccc(CNC(CN(C)C)c3ccccc3)c2)cnc1N. The normalized spacial score (nSPS) is 12.0. The minimum Gasteiger partial charge on any atom is -0.382 e. The fourth-order valence-electron chi connectivity index (χ4n) is 3.24. The Labute approximate surface area is 177 Å². The number of nitrogens with zero attached hydrogens (tertiary/aromatic N) is 3. The summed E-state index contributed by atoms with van der Waals surface area (Å²) in [5.74, 6) is -0.237. The van der Waals surface area contributed by atoms with Crippen molar-refractivity contribution in [2.24, 2.45) is 0 Å². The van der Waals surface area contributed by atoms with Crippen LogP contribution in [-0.2, 0) is 6.54 Å². The van der Waals surface area contributed by atoms with Gasteiger partial charge in [0, 0.05) is 31.7 Å². The molecule has 0 saturated heterocycles. The van der Waals surface area contributed by atoms with E-state index in [9.17, 15) is 4.79 Å². The van der Waals surface area contributed by atoms with Gasteiger partial charge in [-0.25, -0.2) is 9.97 Å². The summed E-state index contributed by atoms with van der Waals surface area (Å²) >= 11 is 0. The molecule has 30 heavy (non-hydrogen) atoms. The summed E-state index contributed by atoms with van der Waals surface area (Å²) in [6.07, 6.45) is 1.59. The summed E-state index contributed by atoms with van der Waals surface area (Å²) in [4.78, 5) is 22.7. The lowest BCUT2D eigenvalue weighted by atomic mass is 10.0. The third kappa shape index (κ3) is 5.40. The zero-order chi connectivity index (χ0) is 21.5. The number of anilines is 1. The first-order valence-corrected chi connectivity index (χ1v) is 9.85. The molecule has 0 bridgehead atoms. The van der Waals surface area contributed by atoms with Crippen molar-refractivity contribution in [2.45, 2.75) is 12.6 Å². The summed E-state index contributed by atoms with van der Waals surface area (Å²) in [5, 5.41) is 6.19. The van der Waals surface area contributed by atoms with Crippen molar-refractivity contribution >= 4 is 11.7 Å². The predicted molar refractivity (Wildman–Crippen MR) is 120 cm³/mol. The van der Waals surface area contributed by atoms with Gasteiger partial charge in [-0.2, -0.15) is 0 Å². The topological polar surface area (TPSA) is 96.2 Å². The zero-order valence-electron chi connectivity index (χ0n) is 17.6. The molecular formula is C23H28N6O. The molecule has 0 spiro atoms. The quantitative estimate of drug-likeness (QED) is 0.534. The molecule has 7 heteroatoms. The molecule has 0 aliphatic heterocycles. The van der Waals surface area contributed by atoms with E-state index in [0.29, 0.717) is 12.2 Å². The van der Waals surface area contributed by atoms with Crippen molar-refractivity contribution in [1.29, 1.82) is 0 Å². The molecule has 1 atom stereocenters. The Morgan fingerprint density at radius 3 is 2.60 bits per heavy atom. The summed E-state index contributed by atoms with van der Waals surface area (Å²) in [5.41, 5.74) is 9.80. The summed E-state index contributed by atoms with van der Waals surface area (Å²) in [7, 11) is 5.68. The predicted octanol–water partition coefficient (Wildman–Crippen LogP) is 2.48. The largest absolute Gasteiger partial charge is 0.382 e. The maximum absolute atomic E-state index is 12.0. The molecule has 0 saturated carbocycles. The number of nitrogens with two attached hydrogens (primary N) is 1. The van der Waals surface area contributed by atoms with E-state index in [0.717, 1.165) is 17.7 Å². The monoisotopic (exact) mass is 404 g/mol. The van der Waals surface area contributed by atoms with Crippen molar-refractivity contribution in [1.82, 2.24) is 25.5 Å². The van der Waals surface area contributed by atoms with E-state index >= 15 is 0 Å². The molecule has 1 aromatic heterocycles. The number of nitrogens with one attached hydrogen (secondary N) is 2. The number of hydrogen-bond acceptors (Lipinski definition) is 6. The lowest BCUT2D eigenvalue weighted by Gasteiger charge is -2.23. The van der Waals surface area contributed by atoms with Crippen LogP contribution in [0.3, 0.4) is 0 Å². The summed E-state index contributed by atoms with van der Waals surface area (Å²) in [6.45, 7) is 1.59. The number of aromatic nitrogens is 2. The standard InChI is InChI=1S/C23H28N6O/c1-25-23(30)21-22(24)27-14-19(28-21)18-11-7-8-16(12-18)13-26-20(15-29(2)3)17-9-5-4-6-10-17/h4-12,14,20,26H,13,15H2,1-3H3,(H2,24,27)(H,25,30). The van der Waals surface area contributed by atoms with Crippen LogP contribution in [0.1, 0.15) is 27.7 Å². The van der Waals surface area contributed by atoms with E-state index < -0.39 is 0 Å². The van der Waals surface area contributed by atoms with Crippen molar-refractivity contribution in [3.63, 3.8) is 0 Å². The van der Waals surface area contributed by atoms with Gasteiger partial charge in [0.05, 0.1) is 11.9 Å². The van der Waals surface area contributed by atoms with Gasteiger partial charge in [-0.05, 0) is 31.3 Å². The molecule has 2 aromatic carbocycles. The molecular weight excluding hydrogens is 376 g/mol. The second-order valence-corrected chi connectivity index (χ2v) is 7.38.